The van der Waals surface area contributed by atoms with Gasteiger partial charge in [-0.15, -0.1) is 0 Å². The Morgan fingerprint density at radius 3 is 2.45 bits per heavy atom. The van der Waals surface area contributed by atoms with E-state index in [0.717, 1.165) is 11.4 Å². The third-order valence-electron chi connectivity index (χ3n) is 6.24. The van der Waals surface area contributed by atoms with Crippen LogP contribution in [0.3, 0.4) is 0 Å². The van der Waals surface area contributed by atoms with Gasteiger partial charge in [0.1, 0.15) is 22.8 Å². The summed E-state index contributed by atoms with van der Waals surface area (Å²) in [5, 5.41) is 12.8. The molecule has 0 atom stereocenters. The van der Waals surface area contributed by atoms with Gasteiger partial charge in [-0.2, -0.15) is 10.1 Å². The Bertz CT molecular complexity index is 1790. The molecule has 5 aromatic rings. The highest BCUT2D eigenvalue weighted by molar-refractivity contribution is 6.00. The summed E-state index contributed by atoms with van der Waals surface area (Å²) in [5.41, 5.74) is 1.81. The summed E-state index contributed by atoms with van der Waals surface area (Å²) in [4.78, 5) is 39.0. The summed E-state index contributed by atoms with van der Waals surface area (Å²) in [7, 11) is 3.24. The number of hydrogen-bond acceptors (Lipinski definition) is 7. The van der Waals surface area contributed by atoms with Crippen LogP contribution < -0.4 is 21.5 Å². The number of benzene rings is 2. The van der Waals surface area contributed by atoms with Crippen LogP contribution in [0, 0.1) is 5.82 Å². The fourth-order valence-electron chi connectivity index (χ4n) is 4.06. The van der Waals surface area contributed by atoms with Gasteiger partial charge in [0.05, 0.1) is 23.3 Å². The lowest BCUT2D eigenvalue weighted by atomic mass is 9.92. The maximum absolute atomic E-state index is 14.8. The Kier molecular flexibility index (Phi) is 6.76. The van der Waals surface area contributed by atoms with Crippen molar-refractivity contribution in [1.29, 1.82) is 0 Å². The van der Waals surface area contributed by atoms with Gasteiger partial charge in [0.2, 0.25) is 5.95 Å². The molecular weight excluding hydrogens is 513 g/mol. The second-order valence-electron chi connectivity index (χ2n) is 10.2. The quantitative estimate of drug-likeness (QED) is 0.294. The normalized spacial score (nSPS) is 11.4. The van der Waals surface area contributed by atoms with Crippen molar-refractivity contribution in [2.24, 2.45) is 7.05 Å². The number of carbonyl (C=O) groups excluding carboxylic acids is 1. The van der Waals surface area contributed by atoms with Gasteiger partial charge in [-0.1, -0.05) is 39.0 Å². The van der Waals surface area contributed by atoms with Gasteiger partial charge < -0.3 is 10.6 Å². The molecule has 0 aliphatic heterocycles. The van der Waals surface area contributed by atoms with Crippen molar-refractivity contribution in [1.82, 2.24) is 29.3 Å². The number of hydrogen-bond donors (Lipinski definition) is 3. The minimum Gasteiger partial charge on any atom is -0.357 e. The summed E-state index contributed by atoms with van der Waals surface area (Å²) in [6.45, 7) is 6.06. The van der Waals surface area contributed by atoms with Gasteiger partial charge in [-0.3, -0.25) is 14.7 Å². The maximum atomic E-state index is 14.8. The van der Waals surface area contributed by atoms with Crippen LogP contribution in [-0.4, -0.2) is 42.4 Å². The molecule has 11 nitrogen and oxygen atoms in total. The average Bonchev–Trinajstić information content (AvgIpc) is 3.36. The Hall–Kier alpha value is -5.13. The molecule has 12 heteroatoms. The molecule has 204 valence electrons. The third-order valence-corrected chi connectivity index (χ3v) is 6.24. The summed E-state index contributed by atoms with van der Waals surface area (Å²) in [6.07, 6.45) is 1.50. The van der Waals surface area contributed by atoms with Crippen molar-refractivity contribution in [3.63, 3.8) is 0 Å². The van der Waals surface area contributed by atoms with Gasteiger partial charge in [0, 0.05) is 31.1 Å². The molecule has 0 aliphatic rings. The van der Waals surface area contributed by atoms with E-state index in [9.17, 15) is 14.0 Å². The van der Waals surface area contributed by atoms with Crippen molar-refractivity contribution >= 4 is 34.6 Å². The fourth-order valence-corrected chi connectivity index (χ4v) is 4.06. The van der Waals surface area contributed by atoms with E-state index in [0.29, 0.717) is 28.5 Å². The van der Waals surface area contributed by atoms with Gasteiger partial charge in [-0.25, -0.2) is 23.8 Å². The number of nitrogens with one attached hydrogen (secondary N) is 3. The largest absolute Gasteiger partial charge is 0.357 e. The monoisotopic (exact) mass is 541 g/mol. The van der Waals surface area contributed by atoms with Gasteiger partial charge in [0.25, 0.3) is 5.56 Å². The van der Waals surface area contributed by atoms with Crippen LogP contribution >= 0.6 is 0 Å². The van der Waals surface area contributed by atoms with E-state index >= 15 is 0 Å². The summed E-state index contributed by atoms with van der Waals surface area (Å²) in [5.74, 6) is 0.0845. The molecule has 0 spiro atoms. The van der Waals surface area contributed by atoms with E-state index in [1.807, 2.05) is 51.1 Å². The van der Waals surface area contributed by atoms with E-state index in [4.69, 9.17) is 0 Å². The minimum atomic E-state index is -0.680. The lowest BCUT2D eigenvalue weighted by Crippen LogP contribution is -2.23. The molecule has 2 amide bonds. The Morgan fingerprint density at radius 1 is 1.00 bits per heavy atom. The number of aromatic nitrogens is 6. The number of para-hydroxylation sites is 1. The zero-order valence-electron chi connectivity index (χ0n) is 22.7. The highest BCUT2D eigenvalue weighted by Crippen LogP contribution is 2.27. The predicted octanol–water partition coefficient (Wildman–Crippen LogP) is 4.70. The second kappa shape index (κ2) is 10.2. The highest BCUT2D eigenvalue weighted by Gasteiger charge is 2.22. The number of carbonyl (C=O) groups is 1. The molecule has 40 heavy (non-hydrogen) atoms. The van der Waals surface area contributed by atoms with Crippen molar-refractivity contribution in [2.45, 2.75) is 26.2 Å². The van der Waals surface area contributed by atoms with E-state index in [1.54, 1.807) is 24.8 Å². The van der Waals surface area contributed by atoms with E-state index in [2.05, 4.69) is 36.0 Å². The lowest BCUT2D eigenvalue weighted by Gasteiger charge is -2.14. The number of urea groups is 1. The lowest BCUT2D eigenvalue weighted by molar-refractivity contribution is 0.262. The standard InChI is InChI=1S/C28H28FN9O2/c1-28(2,3)21-14-22(38(36-21)17-9-7-6-8-10-17)34-27(40)33-19-13-16(11-12-18(19)29)23-25(39)37(5)24-20(32-23)15-31-26(30-4)35-24/h6-15H,1-5H3,(H,30,31,35)(H2,33,34,40). The molecule has 0 saturated heterocycles. The van der Waals surface area contributed by atoms with Gasteiger partial charge >= 0.3 is 6.03 Å². The molecule has 0 fully saturated rings. The van der Waals surface area contributed by atoms with Crippen molar-refractivity contribution in [3.8, 4) is 16.9 Å². The topological polar surface area (TPSA) is 132 Å². The molecule has 5 rings (SSSR count). The first-order valence-corrected chi connectivity index (χ1v) is 12.5. The fraction of sp³-hybridized carbons (Fsp3) is 0.214. The number of amides is 2. The van der Waals surface area contributed by atoms with E-state index in [1.165, 1.54) is 29.0 Å². The first kappa shape index (κ1) is 26.5. The van der Waals surface area contributed by atoms with Crippen LogP contribution in [0.2, 0.25) is 0 Å². The number of anilines is 3. The number of rotatable bonds is 5. The first-order chi connectivity index (χ1) is 19.0. The molecule has 3 N–H and O–H groups in total. The van der Waals surface area contributed by atoms with E-state index in [-0.39, 0.29) is 16.8 Å². The summed E-state index contributed by atoms with van der Waals surface area (Å²) in [6, 6.07) is 14.4. The zero-order chi connectivity index (χ0) is 28.6. The van der Waals surface area contributed by atoms with Crippen molar-refractivity contribution in [3.05, 3.63) is 82.7 Å². The Morgan fingerprint density at radius 2 is 1.75 bits per heavy atom. The minimum absolute atomic E-state index is 0.0660. The molecule has 0 bridgehead atoms. The van der Waals surface area contributed by atoms with Crippen LogP contribution in [0.15, 0.2) is 65.6 Å². The molecule has 0 saturated carbocycles. The van der Waals surface area contributed by atoms with Crippen LogP contribution in [0.5, 0.6) is 0 Å². The molecule has 0 unspecified atom stereocenters. The third kappa shape index (κ3) is 5.10. The molecule has 3 aromatic heterocycles. The van der Waals surface area contributed by atoms with Crippen molar-refractivity contribution < 1.29 is 9.18 Å². The van der Waals surface area contributed by atoms with Crippen LogP contribution in [0.4, 0.5) is 26.6 Å². The molecule has 3 heterocycles. The van der Waals surface area contributed by atoms with Crippen LogP contribution in [0.25, 0.3) is 28.1 Å². The Balaban J connectivity index is 1.46. The number of fused-ring (bicyclic) bond motifs is 1. The molecule has 0 aliphatic carbocycles. The zero-order valence-corrected chi connectivity index (χ0v) is 22.7. The smallest absolute Gasteiger partial charge is 0.324 e. The summed E-state index contributed by atoms with van der Waals surface area (Å²) < 4.78 is 17.8. The highest BCUT2D eigenvalue weighted by atomic mass is 19.1. The van der Waals surface area contributed by atoms with Crippen LogP contribution in [-0.2, 0) is 12.5 Å². The number of aryl methyl sites for hydroxylation is 1. The first-order valence-electron chi connectivity index (χ1n) is 12.5. The molecule has 2 aromatic carbocycles. The predicted molar refractivity (Wildman–Crippen MR) is 152 cm³/mol. The number of halogens is 1. The van der Waals surface area contributed by atoms with Crippen molar-refractivity contribution in [2.75, 3.05) is 23.0 Å². The molecule has 0 radical (unpaired) electrons. The maximum Gasteiger partial charge on any atom is 0.324 e. The Labute approximate surface area is 229 Å². The number of nitrogens with zero attached hydrogens (tertiary/aromatic N) is 6. The summed E-state index contributed by atoms with van der Waals surface area (Å²) >= 11 is 0. The SMILES string of the molecule is CNc1ncc2nc(-c3ccc(F)c(NC(=O)Nc4cc(C(C)(C)C)nn4-c4ccccc4)c3)c(=O)n(C)c2n1. The van der Waals surface area contributed by atoms with E-state index < -0.39 is 17.4 Å². The van der Waals surface area contributed by atoms with Crippen LogP contribution in [0.1, 0.15) is 26.5 Å². The molecular formula is C28H28FN9O2. The average molecular weight is 542 g/mol. The van der Waals surface area contributed by atoms with Gasteiger partial charge in [0.15, 0.2) is 5.65 Å². The second-order valence-corrected chi connectivity index (χ2v) is 10.2. The van der Waals surface area contributed by atoms with Gasteiger partial charge in [-0.05, 0) is 30.3 Å².